The van der Waals surface area contributed by atoms with E-state index in [1.807, 2.05) is 37.4 Å². The summed E-state index contributed by atoms with van der Waals surface area (Å²) in [6.07, 6.45) is 16.2. The van der Waals surface area contributed by atoms with Crippen LogP contribution in [0.3, 0.4) is 0 Å². The van der Waals surface area contributed by atoms with Crippen LogP contribution in [0, 0.1) is 11.3 Å². The fourth-order valence-electron chi connectivity index (χ4n) is 9.19. The van der Waals surface area contributed by atoms with Crippen LogP contribution in [0.4, 0.5) is 5.95 Å². The van der Waals surface area contributed by atoms with Gasteiger partial charge in [0.2, 0.25) is 17.8 Å². The molecule has 3 aromatic rings. The predicted octanol–water partition coefficient (Wildman–Crippen LogP) is 6.75. The minimum absolute atomic E-state index is 0.0691. The summed E-state index contributed by atoms with van der Waals surface area (Å²) >= 11 is 0. The smallest absolute Gasteiger partial charge is 0.250 e. The fraction of sp³-hybridized carbons (Fsp3) is 0.489. The number of likely N-dealkylation sites (N-methyl/N-ethyl adjacent to an activating group) is 1. The molecule has 1 spiro atoms. The number of hydrogen-bond donors (Lipinski definition) is 2. The van der Waals surface area contributed by atoms with E-state index >= 15 is 0 Å². The summed E-state index contributed by atoms with van der Waals surface area (Å²) in [5, 5.41) is 5.84. The Morgan fingerprint density at radius 1 is 1.02 bits per heavy atom. The van der Waals surface area contributed by atoms with E-state index in [4.69, 9.17) is 9.72 Å². The van der Waals surface area contributed by atoms with Crippen LogP contribution in [0.25, 0.3) is 0 Å². The van der Waals surface area contributed by atoms with Gasteiger partial charge in [0.25, 0.3) is 5.91 Å². The summed E-state index contributed by atoms with van der Waals surface area (Å²) < 4.78 is 6.17. The van der Waals surface area contributed by atoms with E-state index < -0.39 is 17.9 Å². The number of amides is 3. The van der Waals surface area contributed by atoms with Crippen LogP contribution in [0.15, 0.2) is 84.2 Å². The van der Waals surface area contributed by atoms with Gasteiger partial charge in [-0.1, -0.05) is 75.6 Å². The summed E-state index contributed by atoms with van der Waals surface area (Å²) in [7, 11) is 1.54. The monoisotopic (exact) mass is 786 g/mol. The third-order valence-electron chi connectivity index (χ3n) is 12.9. The normalized spacial score (nSPS) is 22.1. The van der Waals surface area contributed by atoms with Crippen molar-refractivity contribution < 1.29 is 23.9 Å². The van der Waals surface area contributed by atoms with Gasteiger partial charge in [-0.25, -0.2) is 9.97 Å². The highest BCUT2D eigenvalue weighted by molar-refractivity contribution is 6.04. The summed E-state index contributed by atoms with van der Waals surface area (Å²) in [5.41, 5.74) is 6.03. The number of benzene rings is 2. The lowest BCUT2D eigenvalue weighted by Crippen LogP contribution is -2.57. The average molecular weight is 787 g/mol. The number of aldehydes is 1. The van der Waals surface area contributed by atoms with E-state index in [-0.39, 0.29) is 36.6 Å². The first-order chi connectivity index (χ1) is 27.9. The largest absolute Gasteiger partial charge is 0.487 e. The first kappa shape index (κ1) is 40.9. The van der Waals surface area contributed by atoms with E-state index in [2.05, 4.69) is 70.8 Å². The molecule has 4 aliphatic rings. The molecule has 1 aromatic heterocycles. The average Bonchev–Trinajstić information content (AvgIpc) is 3.20. The lowest BCUT2D eigenvalue weighted by molar-refractivity contribution is -0.142. The van der Waals surface area contributed by atoms with Crippen molar-refractivity contribution in [3.63, 3.8) is 0 Å². The maximum absolute atomic E-state index is 13.3. The zero-order chi connectivity index (χ0) is 40.9. The molecule has 2 saturated carbocycles. The number of piperidine rings is 1. The molecule has 0 radical (unpaired) electrons. The van der Waals surface area contributed by atoms with Crippen molar-refractivity contribution >= 4 is 30.0 Å². The first-order valence-electron chi connectivity index (χ1n) is 21.0. The second-order valence-corrected chi connectivity index (χ2v) is 17.4. The van der Waals surface area contributed by atoms with Crippen LogP contribution in [0.1, 0.15) is 107 Å². The Hall–Kier alpha value is -5.32. The van der Waals surface area contributed by atoms with Crippen molar-refractivity contribution in [2.75, 3.05) is 25.0 Å². The number of aromatic nitrogens is 2. The van der Waals surface area contributed by atoms with Gasteiger partial charge in [-0.05, 0) is 92.3 Å². The Morgan fingerprint density at radius 3 is 2.36 bits per heavy atom. The number of imide groups is 1. The van der Waals surface area contributed by atoms with Gasteiger partial charge in [0.1, 0.15) is 24.7 Å². The zero-order valence-corrected chi connectivity index (χ0v) is 34.5. The quantitative estimate of drug-likeness (QED) is 0.0744. The number of nitrogens with one attached hydrogen (secondary N) is 2. The van der Waals surface area contributed by atoms with Gasteiger partial charge in [0, 0.05) is 67.3 Å². The van der Waals surface area contributed by atoms with E-state index in [0.29, 0.717) is 29.8 Å². The number of carbonyl (C=O) groups is 4. The Kier molecular flexibility index (Phi) is 12.4. The van der Waals surface area contributed by atoms with Crippen molar-refractivity contribution in [2.24, 2.45) is 11.3 Å². The highest BCUT2D eigenvalue weighted by atomic mass is 16.5. The molecule has 2 aliphatic carbocycles. The number of allylic oxidation sites excluding steroid dienone is 2. The van der Waals surface area contributed by atoms with E-state index in [9.17, 15) is 19.2 Å². The number of carbonyl (C=O) groups excluding carboxylic acids is 4. The molecule has 2 aromatic carbocycles. The summed E-state index contributed by atoms with van der Waals surface area (Å²) in [4.78, 5) is 61.8. The molecule has 4 fully saturated rings. The summed E-state index contributed by atoms with van der Waals surface area (Å²) in [6.45, 7) is 8.94. The molecule has 2 aliphatic heterocycles. The molecule has 1 unspecified atom stereocenters. The van der Waals surface area contributed by atoms with E-state index in [1.165, 1.54) is 60.7 Å². The van der Waals surface area contributed by atoms with Gasteiger partial charge >= 0.3 is 0 Å². The third-order valence-corrected chi connectivity index (χ3v) is 12.9. The SMILES string of the molecule is C/C=C(\C=C(/CC=O)C(=O)N(C)C1CCC(=O)NC1=O)NC1CC(Cc2ccc(C(C)(C)c3ccc(OCc4ccnc(N5CC6(CCCCC6)C5)n4)cc3)cc2)C1. The van der Waals surface area contributed by atoms with Gasteiger partial charge in [0.15, 0.2) is 0 Å². The predicted molar refractivity (Wildman–Crippen MR) is 224 cm³/mol. The highest BCUT2D eigenvalue weighted by Gasteiger charge is 2.44. The summed E-state index contributed by atoms with van der Waals surface area (Å²) in [6, 6.07) is 18.8. The summed E-state index contributed by atoms with van der Waals surface area (Å²) in [5.74, 6) is 0.947. The van der Waals surface area contributed by atoms with E-state index in [1.54, 1.807) is 6.08 Å². The topological polar surface area (TPSA) is 134 Å². The molecule has 11 heteroatoms. The molecule has 306 valence electrons. The number of rotatable bonds is 15. The molecule has 2 saturated heterocycles. The minimum Gasteiger partial charge on any atom is -0.487 e. The van der Waals surface area contributed by atoms with Crippen LogP contribution in [0.2, 0.25) is 0 Å². The Morgan fingerprint density at radius 2 is 1.71 bits per heavy atom. The number of anilines is 1. The second-order valence-electron chi connectivity index (χ2n) is 17.4. The van der Waals surface area contributed by atoms with Crippen molar-refractivity contribution in [3.05, 3.63) is 107 Å². The Bertz CT molecular complexity index is 2020. The van der Waals surface area contributed by atoms with E-state index in [0.717, 1.165) is 55.4 Å². The van der Waals surface area contributed by atoms with Crippen LogP contribution in [-0.2, 0) is 37.6 Å². The second kappa shape index (κ2) is 17.7. The van der Waals surface area contributed by atoms with Gasteiger partial charge in [-0.3, -0.25) is 19.7 Å². The molecular weight excluding hydrogens is 729 g/mol. The van der Waals surface area contributed by atoms with Gasteiger partial charge in [-0.2, -0.15) is 0 Å². The van der Waals surface area contributed by atoms with Crippen molar-refractivity contribution in [2.45, 2.75) is 116 Å². The molecule has 58 heavy (non-hydrogen) atoms. The van der Waals surface area contributed by atoms with Crippen LogP contribution < -0.4 is 20.3 Å². The third kappa shape index (κ3) is 9.35. The number of hydrogen-bond acceptors (Lipinski definition) is 9. The van der Waals surface area contributed by atoms with Gasteiger partial charge in [-0.15, -0.1) is 0 Å². The maximum Gasteiger partial charge on any atom is 0.250 e. The minimum atomic E-state index is -0.749. The molecule has 2 N–H and O–H groups in total. The first-order valence-corrected chi connectivity index (χ1v) is 21.0. The lowest BCUT2D eigenvalue weighted by Gasteiger charge is -2.52. The molecular formula is C47H58N6O5. The lowest BCUT2D eigenvalue weighted by atomic mass is 9.69. The zero-order valence-electron chi connectivity index (χ0n) is 34.5. The fourth-order valence-corrected chi connectivity index (χ4v) is 9.19. The molecule has 11 nitrogen and oxygen atoms in total. The number of ether oxygens (including phenoxy) is 1. The molecule has 1 atom stereocenters. The molecule has 0 bridgehead atoms. The molecule has 7 rings (SSSR count). The standard InChI is InChI=1S/C47H58N6O5/c1-5-37(28-34(20-24-54)44(57)52(4)41-17-18-42(55)51-43(41)56)49-39-26-33(27-39)25-32-9-11-35(12-10-32)46(2,3)36-13-15-40(16-14-36)58-29-38-19-23-48-45(50-38)53-30-47(31-53)21-7-6-8-22-47/h5,9-16,19,23-24,28,33,39,41,49H,6-8,17-18,20-22,25-27,29-31H2,1-4H3,(H,51,55,56)/b34-28+,37-5+. The van der Waals surface area contributed by atoms with Crippen molar-refractivity contribution in [1.29, 1.82) is 0 Å². The van der Waals surface area contributed by atoms with Crippen molar-refractivity contribution in [3.8, 4) is 5.75 Å². The Balaban J connectivity index is 0.870. The molecule has 3 heterocycles. The number of nitrogens with zero attached hydrogens (tertiary/aromatic N) is 4. The maximum atomic E-state index is 13.3. The molecule has 3 amide bonds. The highest BCUT2D eigenvalue weighted by Crippen LogP contribution is 2.44. The van der Waals surface area contributed by atoms with Gasteiger partial charge < -0.3 is 24.6 Å². The van der Waals surface area contributed by atoms with Crippen molar-refractivity contribution in [1.82, 2.24) is 25.5 Å². The van der Waals surface area contributed by atoms with Crippen LogP contribution in [-0.4, -0.2) is 71.1 Å². The van der Waals surface area contributed by atoms with Crippen LogP contribution in [0.5, 0.6) is 5.75 Å². The Labute approximate surface area is 342 Å². The van der Waals surface area contributed by atoms with Gasteiger partial charge in [0.05, 0.1) is 5.69 Å². The van der Waals surface area contributed by atoms with Crippen LogP contribution >= 0.6 is 0 Å².